The van der Waals surface area contributed by atoms with Crippen LogP contribution in [0.25, 0.3) is 5.57 Å². The summed E-state index contributed by atoms with van der Waals surface area (Å²) in [5.74, 6) is -1.03. The highest BCUT2D eigenvalue weighted by atomic mass is 19.1. The van der Waals surface area contributed by atoms with Gasteiger partial charge in [-0.2, -0.15) is 5.10 Å². The molecule has 0 spiro atoms. The van der Waals surface area contributed by atoms with Gasteiger partial charge in [-0.15, -0.1) is 4.68 Å². The maximum atomic E-state index is 14.4. The lowest BCUT2D eigenvalue weighted by atomic mass is 10.0. The van der Waals surface area contributed by atoms with Gasteiger partial charge in [-0.1, -0.05) is 18.2 Å². The number of halogens is 2. The first-order chi connectivity index (χ1) is 14.8. The first-order valence-corrected chi connectivity index (χ1v) is 9.81. The predicted octanol–water partition coefficient (Wildman–Crippen LogP) is 3.52. The van der Waals surface area contributed by atoms with Crippen LogP contribution in [0.1, 0.15) is 22.7 Å². The highest BCUT2D eigenvalue weighted by molar-refractivity contribution is 5.82. The second-order valence-corrected chi connectivity index (χ2v) is 7.71. The molecule has 1 atom stereocenters. The molecule has 2 heterocycles. The third kappa shape index (κ3) is 4.28. The van der Waals surface area contributed by atoms with Crippen molar-refractivity contribution in [3.8, 4) is 5.75 Å². The van der Waals surface area contributed by atoms with Crippen LogP contribution >= 0.6 is 0 Å². The molecule has 1 aromatic heterocycles. The van der Waals surface area contributed by atoms with Gasteiger partial charge in [0.1, 0.15) is 17.4 Å². The van der Waals surface area contributed by atoms with Crippen LogP contribution in [-0.2, 0) is 13.6 Å². The van der Waals surface area contributed by atoms with Crippen molar-refractivity contribution in [1.82, 2.24) is 14.9 Å². The van der Waals surface area contributed by atoms with E-state index in [4.69, 9.17) is 0 Å². The summed E-state index contributed by atoms with van der Waals surface area (Å²) in [7, 11) is 3.54. The van der Waals surface area contributed by atoms with Crippen molar-refractivity contribution in [3.63, 3.8) is 0 Å². The van der Waals surface area contributed by atoms with Crippen LogP contribution in [0.2, 0.25) is 0 Å². The normalized spacial score (nSPS) is 15.8. The highest BCUT2D eigenvalue weighted by Gasteiger charge is 2.33. The van der Waals surface area contributed by atoms with Gasteiger partial charge in [0.2, 0.25) is 0 Å². The first-order valence-electron chi connectivity index (χ1n) is 9.81. The number of nitrogens with zero attached hydrogens (tertiary/aromatic N) is 3. The average molecular weight is 425 g/mol. The number of rotatable bonds is 4. The van der Waals surface area contributed by atoms with E-state index < -0.39 is 17.7 Å². The fourth-order valence-corrected chi connectivity index (χ4v) is 3.86. The van der Waals surface area contributed by atoms with Crippen LogP contribution < -0.4 is 4.68 Å². The molecule has 4 rings (SSSR count). The molecule has 160 valence electrons. The van der Waals surface area contributed by atoms with Gasteiger partial charge in [0.25, 0.3) is 0 Å². The van der Waals surface area contributed by atoms with E-state index in [0.717, 1.165) is 23.8 Å². The van der Waals surface area contributed by atoms with Crippen LogP contribution in [0.15, 0.2) is 60.9 Å². The number of aromatic amines is 1. The molecule has 1 unspecified atom stereocenters. The zero-order valence-corrected chi connectivity index (χ0v) is 17.2. The number of aryl methyl sites for hydroxylation is 1. The zero-order chi connectivity index (χ0) is 22.1. The van der Waals surface area contributed by atoms with E-state index >= 15 is 0 Å². The fourth-order valence-electron chi connectivity index (χ4n) is 3.86. The molecule has 2 aromatic carbocycles. The Morgan fingerprint density at radius 3 is 2.81 bits per heavy atom. The lowest BCUT2D eigenvalue weighted by Gasteiger charge is -2.29. The molecule has 1 aliphatic rings. The number of phenolic OH excluding ortho intramolecular Hbond substituents is 1. The highest BCUT2D eigenvalue weighted by Crippen LogP contribution is 2.37. The smallest absolute Gasteiger partial charge is 0.321 e. The minimum atomic E-state index is -0.551. The molecule has 31 heavy (non-hydrogen) atoms. The number of hydrogen-bond acceptors (Lipinski definition) is 2. The molecule has 0 saturated heterocycles. The summed E-state index contributed by atoms with van der Waals surface area (Å²) < 4.78 is 30.0. The molecule has 3 aromatic rings. The summed E-state index contributed by atoms with van der Waals surface area (Å²) >= 11 is 0. The minimum absolute atomic E-state index is 0.0665. The Labute approximate surface area is 178 Å². The number of hydrogen-bond donors (Lipinski definition) is 2. The Morgan fingerprint density at radius 2 is 2.10 bits per heavy atom. The predicted molar refractivity (Wildman–Crippen MR) is 111 cm³/mol. The standard InChI is InChI=1S/C23H22F2N4O2/c1-27(12-15-11-26-28(2)13-15)23(31)29-14-17(20-10-18(24)6-7-21(20)25)9-22(29)16-4-3-5-19(30)8-16/h3-11,13,22,30H,12,14H2,1-2H3/p+1. The van der Waals surface area contributed by atoms with Crippen molar-refractivity contribution in [2.24, 2.45) is 7.05 Å². The van der Waals surface area contributed by atoms with E-state index in [2.05, 4.69) is 5.10 Å². The maximum absolute atomic E-state index is 14.4. The summed E-state index contributed by atoms with van der Waals surface area (Å²) in [5.41, 5.74) is 2.25. The third-order valence-electron chi connectivity index (χ3n) is 5.33. The number of H-pyrrole nitrogens is 1. The molecule has 8 heteroatoms. The molecule has 0 radical (unpaired) electrons. The number of nitrogens with one attached hydrogen (secondary N) is 1. The summed E-state index contributed by atoms with van der Waals surface area (Å²) in [6.45, 7) is 0.494. The minimum Gasteiger partial charge on any atom is -0.508 e. The molecule has 0 fully saturated rings. The fraction of sp³-hybridized carbons (Fsp3) is 0.217. The van der Waals surface area contributed by atoms with E-state index in [1.54, 1.807) is 51.9 Å². The van der Waals surface area contributed by atoms with Crippen molar-refractivity contribution in [3.05, 3.63) is 89.3 Å². The number of urea groups is 1. The molecule has 0 aliphatic carbocycles. The quantitative estimate of drug-likeness (QED) is 0.629. The van der Waals surface area contributed by atoms with Crippen molar-refractivity contribution >= 4 is 11.6 Å². The second kappa shape index (κ2) is 8.22. The third-order valence-corrected chi connectivity index (χ3v) is 5.33. The lowest BCUT2D eigenvalue weighted by Crippen LogP contribution is -2.41. The Bertz CT molecular complexity index is 1160. The lowest BCUT2D eigenvalue weighted by molar-refractivity contribution is -0.727. The summed E-state index contributed by atoms with van der Waals surface area (Å²) in [4.78, 5) is 16.5. The van der Waals surface area contributed by atoms with Crippen LogP contribution in [0.5, 0.6) is 5.75 Å². The molecule has 0 bridgehead atoms. The van der Waals surface area contributed by atoms with Crippen LogP contribution in [-0.4, -0.2) is 39.6 Å². The van der Waals surface area contributed by atoms with Crippen LogP contribution in [0.3, 0.4) is 0 Å². The number of amides is 2. The molecule has 6 nitrogen and oxygen atoms in total. The SMILES string of the molecule is CN(Cc1c[nH][n+](C)c1)C(=O)N1CC(c2cc(F)ccc2F)=CC1c1cccc(O)c1. The number of benzene rings is 2. The average Bonchev–Trinajstić information content (AvgIpc) is 3.35. The topological polar surface area (TPSA) is 63.5 Å². The number of aromatic hydroxyl groups is 1. The molecular formula is C23H23F2N4O2+. The van der Waals surface area contributed by atoms with Gasteiger partial charge < -0.3 is 14.9 Å². The molecule has 2 amide bonds. The second-order valence-electron chi connectivity index (χ2n) is 7.71. The van der Waals surface area contributed by atoms with Gasteiger partial charge >= 0.3 is 6.03 Å². The molecular weight excluding hydrogens is 402 g/mol. The molecule has 1 aliphatic heterocycles. The monoisotopic (exact) mass is 425 g/mol. The van der Waals surface area contributed by atoms with E-state index in [1.165, 1.54) is 0 Å². The van der Waals surface area contributed by atoms with Crippen LogP contribution in [0, 0.1) is 11.6 Å². The number of carbonyl (C=O) groups is 1. The van der Waals surface area contributed by atoms with Crippen LogP contribution in [0.4, 0.5) is 13.6 Å². The molecule has 2 N–H and O–H groups in total. The first kappa shape index (κ1) is 20.6. The number of phenols is 1. The summed E-state index contributed by atoms with van der Waals surface area (Å²) in [6.07, 6.45) is 5.44. The van der Waals surface area contributed by atoms with Gasteiger partial charge in [0.05, 0.1) is 24.3 Å². The van der Waals surface area contributed by atoms with Gasteiger partial charge in [-0.25, -0.2) is 13.6 Å². The Morgan fingerprint density at radius 1 is 1.29 bits per heavy atom. The van der Waals surface area contributed by atoms with E-state index in [1.807, 2.05) is 19.4 Å². The number of aromatic nitrogens is 2. The maximum Gasteiger partial charge on any atom is 0.321 e. The van der Waals surface area contributed by atoms with Crippen molar-refractivity contribution in [2.45, 2.75) is 12.6 Å². The zero-order valence-electron chi connectivity index (χ0n) is 17.2. The summed E-state index contributed by atoms with van der Waals surface area (Å²) in [5, 5.41) is 12.9. The summed E-state index contributed by atoms with van der Waals surface area (Å²) in [6, 6.07) is 9.08. The van der Waals surface area contributed by atoms with E-state index in [0.29, 0.717) is 17.7 Å². The Hall–Kier alpha value is -3.68. The van der Waals surface area contributed by atoms with Gasteiger partial charge in [-0.3, -0.25) is 0 Å². The van der Waals surface area contributed by atoms with E-state index in [-0.39, 0.29) is 23.9 Å². The van der Waals surface area contributed by atoms with Gasteiger partial charge in [-0.05, 0) is 41.5 Å². The van der Waals surface area contributed by atoms with Gasteiger partial charge in [0, 0.05) is 19.2 Å². The van der Waals surface area contributed by atoms with Crippen molar-refractivity contribution in [2.75, 3.05) is 13.6 Å². The Balaban J connectivity index is 1.66. The number of carbonyl (C=O) groups excluding carboxylic acids is 1. The largest absolute Gasteiger partial charge is 0.508 e. The van der Waals surface area contributed by atoms with Crippen molar-refractivity contribution in [1.29, 1.82) is 0 Å². The molecule has 0 saturated carbocycles. The van der Waals surface area contributed by atoms with Gasteiger partial charge in [0.15, 0.2) is 13.2 Å². The van der Waals surface area contributed by atoms with E-state index in [9.17, 15) is 18.7 Å². The van der Waals surface area contributed by atoms with Crippen molar-refractivity contribution < 1.29 is 23.4 Å². The Kier molecular flexibility index (Phi) is 5.46.